The zero-order valence-electron chi connectivity index (χ0n) is 16.3. The van der Waals surface area contributed by atoms with Crippen LogP contribution in [0.2, 0.25) is 10.0 Å². The summed E-state index contributed by atoms with van der Waals surface area (Å²) in [5.41, 5.74) is 2.42. The Labute approximate surface area is 175 Å². The lowest BCUT2D eigenvalue weighted by atomic mass is 10.1. The zero-order chi connectivity index (χ0) is 20.8. The van der Waals surface area contributed by atoms with E-state index >= 15 is 0 Å². The van der Waals surface area contributed by atoms with Crippen LogP contribution in [-0.4, -0.2) is 62.9 Å². The SMILES string of the molecule is CNc1ccc(Cl)c(C(=O)N(C)CCN(C)C(=O)c2cc(NC)ccc2Cl)c1. The van der Waals surface area contributed by atoms with Crippen LogP contribution in [0, 0.1) is 0 Å². The Bertz CT molecular complexity index is 802. The third kappa shape index (κ3) is 5.09. The van der Waals surface area contributed by atoms with Crippen LogP contribution in [0.5, 0.6) is 0 Å². The van der Waals surface area contributed by atoms with Gasteiger partial charge in [-0.3, -0.25) is 9.59 Å². The van der Waals surface area contributed by atoms with Gasteiger partial charge in [-0.1, -0.05) is 23.2 Å². The molecule has 0 atom stereocenters. The number of nitrogens with one attached hydrogen (secondary N) is 2. The molecule has 0 unspecified atom stereocenters. The predicted octanol–water partition coefficient (Wildman–Crippen LogP) is 3.92. The fourth-order valence-corrected chi connectivity index (χ4v) is 3.00. The summed E-state index contributed by atoms with van der Waals surface area (Å²) in [7, 11) is 6.90. The average molecular weight is 423 g/mol. The second-order valence-electron chi connectivity index (χ2n) is 6.34. The third-order valence-corrected chi connectivity index (χ3v) is 5.09. The first-order chi connectivity index (χ1) is 13.3. The van der Waals surface area contributed by atoms with Crippen LogP contribution in [0.25, 0.3) is 0 Å². The largest absolute Gasteiger partial charge is 0.388 e. The number of amides is 2. The Morgan fingerprint density at radius 2 is 1.14 bits per heavy atom. The lowest BCUT2D eigenvalue weighted by molar-refractivity contribution is 0.0719. The second kappa shape index (κ2) is 9.66. The van der Waals surface area contributed by atoms with Crippen LogP contribution in [-0.2, 0) is 0 Å². The summed E-state index contributed by atoms with van der Waals surface area (Å²) in [6, 6.07) is 10.4. The Balaban J connectivity index is 2.05. The van der Waals surface area contributed by atoms with Crippen molar-refractivity contribution in [1.82, 2.24) is 9.80 Å². The molecule has 0 heterocycles. The summed E-state index contributed by atoms with van der Waals surface area (Å²) < 4.78 is 0. The molecule has 28 heavy (non-hydrogen) atoms. The molecule has 0 bridgehead atoms. The molecule has 0 aromatic heterocycles. The smallest absolute Gasteiger partial charge is 0.255 e. The lowest BCUT2D eigenvalue weighted by Gasteiger charge is -2.23. The molecule has 0 saturated carbocycles. The lowest BCUT2D eigenvalue weighted by Crippen LogP contribution is -2.37. The van der Waals surface area contributed by atoms with Crippen LogP contribution in [0.1, 0.15) is 20.7 Å². The first kappa shape index (κ1) is 21.9. The van der Waals surface area contributed by atoms with Crippen molar-refractivity contribution in [2.45, 2.75) is 0 Å². The Hall–Kier alpha value is -2.44. The molecule has 6 nitrogen and oxygen atoms in total. The summed E-state index contributed by atoms with van der Waals surface area (Å²) in [6.07, 6.45) is 0. The number of benzene rings is 2. The van der Waals surface area contributed by atoms with Crippen LogP contribution >= 0.6 is 23.2 Å². The standard InChI is InChI=1S/C20H24Cl2N4O2/c1-23-13-5-7-17(21)15(11-13)19(27)25(3)9-10-26(4)20(28)16-12-14(24-2)6-8-18(16)22/h5-8,11-12,23-24H,9-10H2,1-4H3. The van der Waals surface area contributed by atoms with Gasteiger partial charge in [-0.15, -0.1) is 0 Å². The highest BCUT2D eigenvalue weighted by Crippen LogP contribution is 2.23. The summed E-state index contributed by atoms with van der Waals surface area (Å²) in [5, 5.41) is 6.74. The van der Waals surface area contributed by atoms with Crippen molar-refractivity contribution in [2.75, 3.05) is 51.9 Å². The first-order valence-corrected chi connectivity index (χ1v) is 9.49. The molecule has 2 aromatic carbocycles. The molecule has 0 aliphatic heterocycles. The monoisotopic (exact) mass is 422 g/mol. The number of hydrogen-bond donors (Lipinski definition) is 2. The Morgan fingerprint density at radius 1 is 0.786 bits per heavy atom. The van der Waals surface area contributed by atoms with Gasteiger partial charge in [0.2, 0.25) is 0 Å². The molecule has 0 spiro atoms. The maximum absolute atomic E-state index is 12.7. The number of likely N-dealkylation sites (N-methyl/N-ethyl adjacent to an activating group) is 2. The normalized spacial score (nSPS) is 10.4. The average Bonchev–Trinajstić information content (AvgIpc) is 2.71. The van der Waals surface area contributed by atoms with Crippen molar-refractivity contribution in [3.8, 4) is 0 Å². The highest BCUT2D eigenvalue weighted by Gasteiger charge is 2.19. The quantitative estimate of drug-likeness (QED) is 0.709. The number of carbonyl (C=O) groups is 2. The van der Waals surface area contributed by atoms with E-state index in [0.29, 0.717) is 34.3 Å². The van der Waals surface area contributed by atoms with Crippen molar-refractivity contribution in [3.63, 3.8) is 0 Å². The van der Waals surface area contributed by atoms with Gasteiger partial charge >= 0.3 is 0 Å². The van der Waals surface area contributed by atoms with E-state index in [1.165, 1.54) is 9.80 Å². The highest BCUT2D eigenvalue weighted by molar-refractivity contribution is 6.34. The van der Waals surface area contributed by atoms with E-state index in [9.17, 15) is 9.59 Å². The van der Waals surface area contributed by atoms with Crippen LogP contribution in [0.3, 0.4) is 0 Å². The molecule has 2 rings (SSSR count). The Morgan fingerprint density at radius 3 is 1.46 bits per heavy atom. The van der Waals surface area contributed by atoms with Crippen molar-refractivity contribution in [3.05, 3.63) is 57.6 Å². The van der Waals surface area contributed by atoms with Crippen molar-refractivity contribution >= 4 is 46.4 Å². The minimum absolute atomic E-state index is 0.210. The molecule has 0 fully saturated rings. The molecule has 2 amide bonds. The van der Waals surface area contributed by atoms with Gasteiger partial charge < -0.3 is 20.4 Å². The number of halogens is 2. The van der Waals surface area contributed by atoms with Gasteiger partial charge in [0, 0.05) is 52.7 Å². The molecule has 0 aliphatic carbocycles. The molecule has 2 aromatic rings. The highest BCUT2D eigenvalue weighted by atomic mass is 35.5. The maximum Gasteiger partial charge on any atom is 0.255 e. The minimum Gasteiger partial charge on any atom is -0.388 e. The van der Waals surface area contributed by atoms with Gasteiger partial charge in [-0.25, -0.2) is 0 Å². The molecular formula is C20H24Cl2N4O2. The number of anilines is 2. The molecule has 0 aliphatic rings. The van der Waals surface area contributed by atoms with Crippen LogP contribution in [0.15, 0.2) is 36.4 Å². The molecule has 0 saturated heterocycles. The van der Waals surface area contributed by atoms with Crippen LogP contribution in [0.4, 0.5) is 11.4 Å². The van der Waals surface area contributed by atoms with Crippen LogP contribution < -0.4 is 10.6 Å². The minimum atomic E-state index is -0.210. The molecule has 150 valence electrons. The summed E-state index contributed by atoms with van der Waals surface area (Å²) in [4.78, 5) is 28.5. The van der Waals surface area contributed by atoms with Gasteiger partial charge in [0.1, 0.15) is 0 Å². The van der Waals surface area contributed by atoms with Gasteiger partial charge in [-0.2, -0.15) is 0 Å². The van der Waals surface area contributed by atoms with Gasteiger partial charge in [0.05, 0.1) is 21.2 Å². The van der Waals surface area contributed by atoms with Crippen molar-refractivity contribution < 1.29 is 9.59 Å². The van der Waals surface area contributed by atoms with Gasteiger partial charge in [0.15, 0.2) is 0 Å². The number of carbonyl (C=O) groups excluding carboxylic acids is 2. The van der Waals surface area contributed by atoms with Crippen molar-refractivity contribution in [2.24, 2.45) is 0 Å². The topological polar surface area (TPSA) is 64.7 Å². The zero-order valence-corrected chi connectivity index (χ0v) is 17.9. The number of rotatable bonds is 7. The van der Waals surface area contributed by atoms with E-state index in [1.807, 2.05) is 0 Å². The third-order valence-electron chi connectivity index (χ3n) is 4.44. The van der Waals surface area contributed by atoms with E-state index < -0.39 is 0 Å². The van der Waals surface area contributed by atoms with Crippen molar-refractivity contribution in [1.29, 1.82) is 0 Å². The number of nitrogens with zero attached hydrogens (tertiary/aromatic N) is 2. The molecule has 0 radical (unpaired) electrons. The Kier molecular flexibility index (Phi) is 7.54. The summed E-state index contributed by atoms with van der Waals surface area (Å²) >= 11 is 12.3. The van der Waals surface area contributed by atoms with Gasteiger partial charge in [-0.05, 0) is 36.4 Å². The fraction of sp³-hybridized carbons (Fsp3) is 0.300. The van der Waals surface area contributed by atoms with E-state index in [-0.39, 0.29) is 11.8 Å². The number of hydrogen-bond acceptors (Lipinski definition) is 4. The molecule has 8 heteroatoms. The van der Waals surface area contributed by atoms with Gasteiger partial charge in [0.25, 0.3) is 11.8 Å². The summed E-state index contributed by atoms with van der Waals surface area (Å²) in [6.45, 7) is 0.703. The van der Waals surface area contributed by atoms with E-state index in [2.05, 4.69) is 10.6 Å². The predicted molar refractivity (Wildman–Crippen MR) is 116 cm³/mol. The first-order valence-electron chi connectivity index (χ1n) is 8.74. The summed E-state index contributed by atoms with van der Waals surface area (Å²) in [5.74, 6) is -0.420. The molecular weight excluding hydrogens is 399 g/mol. The fourth-order valence-electron chi connectivity index (χ4n) is 2.60. The second-order valence-corrected chi connectivity index (χ2v) is 7.16. The molecule has 2 N–H and O–H groups in total. The van der Waals surface area contributed by atoms with E-state index in [4.69, 9.17) is 23.2 Å². The van der Waals surface area contributed by atoms with E-state index in [1.54, 1.807) is 64.6 Å². The maximum atomic E-state index is 12.7. The van der Waals surface area contributed by atoms with E-state index in [0.717, 1.165) is 11.4 Å².